The van der Waals surface area contributed by atoms with Crippen molar-refractivity contribution in [2.24, 2.45) is 11.7 Å². The Morgan fingerprint density at radius 3 is 2.72 bits per heavy atom. The first kappa shape index (κ1) is 13.3. The van der Waals surface area contributed by atoms with Crippen LogP contribution in [0.15, 0.2) is 18.2 Å². The molecule has 18 heavy (non-hydrogen) atoms. The Labute approximate surface area is 107 Å². The largest absolute Gasteiger partial charge is 0.393 e. The quantitative estimate of drug-likeness (QED) is 0.865. The van der Waals surface area contributed by atoms with Gasteiger partial charge in [0.2, 0.25) is 0 Å². The molecule has 1 fully saturated rings. The van der Waals surface area contributed by atoms with Gasteiger partial charge in [0.25, 0.3) is 0 Å². The molecule has 1 aliphatic rings. The molecule has 4 heteroatoms. The minimum Gasteiger partial charge on any atom is -0.393 e. The molecule has 0 amide bonds. The zero-order valence-electron chi connectivity index (χ0n) is 10.9. The van der Waals surface area contributed by atoms with Gasteiger partial charge in [0, 0.05) is 25.0 Å². The van der Waals surface area contributed by atoms with Crippen molar-refractivity contribution in [3.63, 3.8) is 0 Å². The Bertz CT molecular complexity index is 420. The van der Waals surface area contributed by atoms with Crippen LogP contribution in [-0.2, 0) is 0 Å². The summed E-state index contributed by atoms with van der Waals surface area (Å²) in [7, 11) is 0. The van der Waals surface area contributed by atoms with Gasteiger partial charge < -0.3 is 15.7 Å². The lowest BCUT2D eigenvalue weighted by Crippen LogP contribution is -2.26. The molecule has 0 bridgehead atoms. The third-order valence-corrected chi connectivity index (χ3v) is 3.73. The van der Waals surface area contributed by atoms with Crippen LogP contribution in [-0.4, -0.2) is 24.3 Å². The number of aliphatic hydroxyl groups excluding tert-OH is 1. The molecule has 2 rings (SSSR count). The molecular weight excluding hydrogens is 231 g/mol. The van der Waals surface area contributed by atoms with Crippen LogP contribution in [0.4, 0.5) is 10.1 Å². The summed E-state index contributed by atoms with van der Waals surface area (Å²) in [5.74, 6) is -0.0124. The molecule has 0 radical (unpaired) electrons. The molecule has 2 unspecified atom stereocenters. The number of nitrogens with zero attached hydrogens (tertiary/aromatic N) is 1. The van der Waals surface area contributed by atoms with Crippen molar-refractivity contribution in [2.45, 2.75) is 32.4 Å². The van der Waals surface area contributed by atoms with Gasteiger partial charge in [0.1, 0.15) is 5.82 Å². The van der Waals surface area contributed by atoms with Crippen molar-refractivity contribution in [1.29, 1.82) is 0 Å². The van der Waals surface area contributed by atoms with Crippen molar-refractivity contribution in [3.05, 3.63) is 29.6 Å². The fourth-order valence-corrected chi connectivity index (χ4v) is 2.62. The van der Waals surface area contributed by atoms with Gasteiger partial charge in [-0.3, -0.25) is 0 Å². The zero-order chi connectivity index (χ0) is 13.3. The van der Waals surface area contributed by atoms with Gasteiger partial charge >= 0.3 is 0 Å². The zero-order valence-corrected chi connectivity index (χ0v) is 10.9. The van der Waals surface area contributed by atoms with E-state index in [4.69, 9.17) is 5.73 Å². The molecule has 3 atom stereocenters. The number of aliphatic hydroxyl groups is 1. The molecule has 1 aliphatic heterocycles. The minimum atomic E-state index is -0.347. The normalized spacial score (nSPS) is 23.2. The number of nitrogens with two attached hydrogens (primary N) is 1. The molecule has 1 aromatic rings. The van der Waals surface area contributed by atoms with Crippen LogP contribution in [0.3, 0.4) is 0 Å². The molecule has 0 spiro atoms. The molecule has 0 aliphatic carbocycles. The lowest BCUT2D eigenvalue weighted by molar-refractivity contribution is 0.136. The average molecular weight is 252 g/mol. The Balaban J connectivity index is 2.29. The number of anilines is 1. The molecule has 0 saturated carbocycles. The molecule has 100 valence electrons. The van der Waals surface area contributed by atoms with Gasteiger partial charge in [0.05, 0.1) is 11.8 Å². The smallest absolute Gasteiger partial charge is 0.146 e. The number of rotatable bonds is 3. The fourth-order valence-electron chi connectivity index (χ4n) is 2.62. The molecular formula is C14H21FN2O. The highest BCUT2D eigenvalue weighted by atomic mass is 19.1. The monoisotopic (exact) mass is 252 g/mol. The summed E-state index contributed by atoms with van der Waals surface area (Å²) >= 11 is 0. The molecule has 1 saturated heterocycles. The lowest BCUT2D eigenvalue weighted by Gasteiger charge is -2.24. The maximum atomic E-state index is 14.0. The molecule has 3 nitrogen and oxygen atoms in total. The topological polar surface area (TPSA) is 49.5 Å². The maximum absolute atomic E-state index is 14.0. The molecule has 0 aromatic heterocycles. The standard InChI is InChI=1S/C14H21FN2O/c1-9(16)12-4-3-5-13(15)14(12)17-7-6-11(8-17)10(2)18/h3-5,9-11,18H,6-8,16H2,1-2H3/t9-,10?,11?/m0/s1. The summed E-state index contributed by atoms with van der Waals surface area (Å²) in [6.45, 7) is 5.12. The van der Waals surface area contributed by atoms with Gasteiger partial charge in [-0.2, -0.15) is 0 Å². The molecule has 3 N–H and O–H groups in total. The van der Waals surface area contributed by atoms with Crippen LogP contribution in [0.1, 0.15) is 31.9 Å². The molecule has 1 aromatic carbocycles. The first-order valence-electron chi connectivity index (χ1n) is 6.47. The van der Waals surface area contributed by atoms with E-state index in [1.807, 2.05) is 17.9 Å². The van der Waals surface area contributed by atoms with E-state index in [1.54, 1.807) is 13.0 Å². The van der Waals surface area contributed by atoms with Crippen LogP contribution in [0.2, 0.25) is 0 Å². The third kappa shape index (κ3) is 2.49. The highest BCUT2D eigenvalue weighted by Gasteiger charge is 2.29. The number of benzene rings is 1. The predicted molar refractivity (Wildman–Crippen MR) is 71.0 cm³/mol. The van der Waals surface area contributed by atoms with E-state index in [1.165, 1.54) is 6.07 Å². The van der Waals surface area contributed by atoms with E-state index in [2.05, 4.69) is 0 Å². The highest BCUT2D eigenvalue weighted by Crippen LogP contribution is 2.33. The van der Waals surface area contributed by atoms with Gasteiger partial charge in [0.15, 0.2) is 0 Å². The summed E-state index contributed by atoms with van der Waals surface area (Å²) < 4.78 is 14.0. The summed E-state index contributed by atoms with van der Waals surface area (Å²) in [6, 6.07) is 4.84. The Hall–Kier alpha value is -1.13. The van der Waals surface area contributed by atoms with Gasteiger partial charge in [-0.1, -0.05) is 12.1 Å². The van der Waals surface area contributed by atoms with E-state index in [9.17, 15) is 9.50 Å². The predicted octanol–water partition coefficient (Wildman–Crippen LogP) is 2.05. The van der Waals surface area contributed by atoms with Gasteiger partial charge in [-0.25, -0.2) is 4.39 Å². The van der Waals surface area contributed by atoms with Crippen LogP contribution in [0.5, 0.6) is 0 Å². The van der Waals surface area contributed by atoms with Crippen LogP contribution in [0, 0.1) is 11.7 Å². The van der Waals surface area contributed by atoms with Gasteiger partial charge in [-0.15, -0.1) is 0 Å². The van der Waals surface area contributed by atoms with Crippen molar-refractivity contribution >= 4 is 5.69 Å². The summed E-state index contributed by atoms with van der Waals surface area (Å²) in [5.41, 5.74) is 7.34. The second kappa shape index (κ2) is 5.24. The highest BCUT2D eigenvalue weighted by molar-refractivity contribution is 5.56. The van der Waals surface area contributed by atoms with E-state index >= 15 is 0 Å². The number of hydrogen-bond donors (Lipinski definition) is 2. The average Bonchev–Trinajstić information content (AvgIpc) is 2.77. The number of halogens is 1. The summed E-state index contributed by atoms with van der Waals surface area (Å²) in [5, 5.41) is 9.62. The molecule has 1 heterocycles. The Kier molecular flexibility index (Phi) is 3.88. The van der Waals surface area contributed by atoms with Crippen LogP contribution in [0.25, 0.3) is 0 Å². The van der Waals surface area contributed by atoms with E-state index < -0.39 is 0 Å². The van der Waals surface area contributed by atoms with Crippen molar-refractivity contribution < 1.29 is 9.50 Å². The van der Waals surface area contributed by atoms with Crippen molar-refractivity contribution in [3.8, 4) is 0 Å². The van der Waals surface area contributed by atoms with E-state index in [0.717, 1.165) is 18.5 Å². The fraction of sp³-hybridized carbons (Fsp3) is 0.571. The Morgan fingerprint density at radius 1 is 1.44 bits per heavy atom. The second-order valence-corrected chi connectivity index (χ2v) is 5.20. The number of para-hydroxylation sites is 1. The van der Waals surface area contributed by atoms with E-state index in [0.29, 0.717) is 12.2 Å². The first-order valence-corrected chi connectivity index (χ1v) is 6.47. The van der Waals surface area contributed by atoms with Crippen molar-refractivity contribution in [2.75, 3.05) is 18.0 Å². The summed E-state index contributed by atoms with van der Waals surface area (Å²) in [4.78, 5) is 2.01. The lowest BCUT2D eigenvalue weighted by atomic mass is 10.0. The first-order chi connectivity index (χ1) is 8.50. The van der Waals surface area contributed by atoms with E-state index in [-0.39, 0.29) is 23.9 Å². The number of hydrogen-bond acceptors (Lipinski definition) is 3. The van der Waals surface area contributed by atoms with Gasteiger partial charge in [-0.05, 0) is 31.9 Å². The second-order valence-electron chi connectivity index (χ2n) is 5.20. The third-order valence-electron chi connectivity index (χ3n) is 3.73. The minimum absolute atomic E-state index is 0.193. The summed E-state index contributed by atoms with van der Waals surface area (Å²) in [6.07, 6.45) is 0.547. The van der Waals surface area contributed by atoms with Crippen LogP contribution < -0.4 is 10.6 Å². The van der Waals surface area contributed by atoms with Crippen molar-refractivity contribution in [1.82, 2.24) is 0 Å². The SMILES string of the molecule is CC(O)C1CCN(c2c(F)cccc2[C@H](C)N)C1. The maximum Gasteiger partial charge on any atom is 0.146 e. The Morgan fingerprint density at radius 2 is 2.17 bits per heavy atom. The van der Waals surface area contributed by atoms with Crippen LogP contribution >= 0.6 is 0 Å².